The number of nitrogens with zero attached hydrogens (tertiary/aromatic N) is 2. The molecular formula is C20H16ClN3S. The maximum Gasteiger partial charge on any atom is 0.142 e. The van der Waals surface area contributed by atoms with Gasteiger partial charge < -0.3 is 5.32 Å². The molecule has 2 aromatic heterocycles. The Hall–Kier alpha value is -2.43. The Kier molecular flexibility index (Phi) is 4.15. The average molecular weight is 366 g/mol. The second-order valence-corrected chi connectivity index (χ2v) is 7.34. The first-order valence-electron chi connectivity index (χ1n) is 7.97. The maximum atomic E-state index is 6.24. The topological polar surface area (TPSA) is 37.8 Å². The van der Waals surface area contributed by atoms with Crippen LogP contribution < -0.4 is 5.32 Å². The van der Waals surface area contributed by atoms with E-state index in [1.165, 1.54) is 10.4 Å². The smallest absolute Gasteiger partial charge is 0.142 e. The zero-order valence-corrected chi connectivity index (χ0v) is 15.4. The lowest BCUT2D eigenvalue weighted by Gasteiger charge is -2.09. The molecule has 2 aromatic carbocycles. The van der Waals surface area contributed by atoms with Crippen molar-refractivity contribution in [2.24, 2.45) is 0 Å². The van der Waals surface area contributed by atoms with E-state index in [0.29, 0.717) is 0 Å². The number of thiophene rings is 1. The van der Waals surface area contributed by atoms with E-state index in [4.69, 9.17) is 11.6 Å². The summed E-state index contributed by atoms with van der Waals surface area (Å²) in [5, 5.41) is 5.15. The van der Waals surface area contributed by atoms with Gasteiger partial charge in [0.25, 0.3) is 0 Å². The molecule has 0 amide bonds. The molecule has 0 aliphatic heterocycles. The molecule has 124 valence electrons. The lowest BCUT2D eigenvalue weighted by atomic mass is 10.2. The van der Waals surface area contributed by atoms with Crippen LogP contribution in [0, 0.1) is 13.8 Å². The third kappa shape index (κ3) is 3.23. The summed E-state index contributed by atoms with van der Waals surface area (Å²) in [6, 6.07) is 18.4. The molecule has 0 saturated carbocycles. The van der Waals surface area contributed by atoms with Crippen LogP contribution in [0.3, 0.4) is 0 Å². The van der Waals surface area contributed by atoms with Crippen LogP contribution in [0.2, 0.25) is 5.02 Å². The molecule has 0 saturated heterocycles. The van der Waals surface area contributed by atoms with Crippen LogP contribution in [0.25, 0.3) is 20.7 Å². The summed E-state index contributed by atoms with van der Waals surface area (Å²) >= 11 is 7.92. The van der Waals surface area contributed by atoms with Crippen molar-refractivity contribution in [2.45, 2.75) is 13.8 Å². The van der Waals surface area contributed by atoms with E-state index in [9.17, 15) is 0 Å². The minimum absolute atomic E-state index is 0.738. The summed E-state index contributed by atoms with van der Waals surface area (Å²) < 4.78 is 0. The van der Waals surface area contributed by atoms with Gasteiger partial charge in [-0.3, -0.25) is 0 Å². The number of benzene rings is 2. The Balaban J connectivity index is 1.80. The van der Waals surface area contributed by atoms with Gasteiger partial charge in [0.1, 0.15) is 16.5 Å². The Morgan fingerprint density at radius 3 is 2.52 bits per heavy atom. The van der Waals surface area contributed by atoms with Gasteiger partial charge in [0.05, 0.1) is 5.39 Å². The summed E-state index contributed by atoms with van der Waals surface area (Å²) in [5.74, 6) is 1.55. The molecule has 0 spiro atoms. The van der Waals surface area contributed by atoms with E-state index in [0.717, 1.165) is 38.1 Å². The lowest BCUT2D eigenvalue weighted by molar-refractivity contribution is 1.10. The van der Waals surface area contributed by atoms with E-state index < -0.39 is 0 Å². The fourth-order valence-corrected chi connectivity index (χ4v) is 3.94. The Morgan fingerprint density at radius 1 is 0.960 bits per heavy atom. The van der Waals surface area contributed by atoms with Gasteiger partial charge in [-0.1, -0.05) is 48.0 Å². The molecule has 0 radical (unpaired) electrons. The number of hydrogen-bond donors (Lipinski definition) is 1. The number of rotatable bonds is 3. The molecule has 25 heavy (non-hydrogen) atoms. The van der Waals surface area contributed by atoms with Crippen LogP contribution in [0.15, 0.2) is 54.6 Å². The third-order valence-electron chi connectivity index (χ3n) is 4.00. The van der Waals surface area contributed by atoms with Crippen molar-refractivity contribution in [1.29, 1.82) is 0 Å². The number of halogens is 1. The highest BCUT2D eigenvalue weighted by Gasteiger charge is 2.12. The SMILES string of the molecule is Cc1nc(Nc2ccc(C)c(Cl)c2)c2cc(-c3ccccc3)sc2n1. The minimum Gasteiger partial charge on any atom is -0.340 e. The molecule has 4 rings (SSSR count). The number of aromatic nitrogens is 2. The second-order valence-electron chi connectivity index (χ2n) is 5.90. The summed E-state index contributed by atoms with van der Waals surface area (Å²) in [4.78, 5) is 11.4. The standard InChI is InChI=1S/C20H16ClN3S/c1-12-8-9-15(10-17(12)21)24-19-16-11-18(14-6-4-3-5-7-14)25-20(16)23-13(2)22-19/h3-11H,1-2H3,(H,22,23,24). The molecule has 4 aromatic rings. The molecule has 2 heterocycles. The first-order valence-corrected chi connectivity index (χ1v) is 9.16. The predicted octanol–water partition coefficient (Wildman–Crippen LogP) is 6.37. The maximum absolute atomic E-state index is 6.24. The normalized spacial score (nSPS) is 11.0. The van der Waals surface area contributed by atoms with E-state index in [1.807, 2.05) is 50.2 Å². The quantitative estimate of drug-likeness (QED) is 0.458. The summed E-state index contributed by atoms with van der Waals surface area (Å²) in [6.45, 7) is 3.90. The minimum atomic E-state index is 0.738. The van der Waals surface area contributed by atoms with Gasteiger partial charge in [0.15, 0.2) is 0 Å². The number of anilines is 2. The molecule has 0 fully saturated rings. The summed E-state index contributed by atoms with van der Waals surface area (Å²) in [6.07, 6.45) is 0. The van der Waals surface area contributed by atoms with Gasteiger partial charge >= 0.3 is 0 Å². The third-order valence-corrected chi connectivity index (χ3v) is 5.48. The van der Waals surface area contributed by atoms with Crippen LogP contribution in [-0.4, -0.2) is 9.97 Å². The molecule has 3 nitrogen and oxygen atoms in total. The molecule has 0 aliphatic carbocycles. The van der Waals surface area contributed by atoms with Crippen LogP contribution in [-0.2, 0) is 0 Å². The van der Waals surface area contributed by atoms with E-state index in [2.05, 4.69) is 33.5 Å². The molecule has 0 aliphatic rings. The fraction of sp³-hybridized carbons (Fsp3) is 0.100. The van der Waals surface area contributed by atoms with Gasteiger partial charge in [-0.05, 0) is 43.2 Å². The number of fused-ring (bicyclic) bond motifs is 1. The number of hydrogen-bond acceptors (Lipinski definition) is 4. The number of nitrogens with one attached hydrogen (secondary N) is 1. The molecule has 1 N–H and O–H groups in total. The molecule has 0 unspecified atom stereocenters. The average Bonchev–Trinajstić information content (AvgIpc) is 3.03. The monoisotopic (exact) mass is 365 g/mol. The fourth-order valence-electron chi connectivity index (χ4n) is 2.68. The summed E-state index contributed by atoms with van der Waals surface area (Å²) in [5.41, 5.74) is 3.16. The Bertz CT molecular complexity index is 1060. The highest BCUT2D eigenvalue weighted by molar-refractivity contribution is 7.21. The Labute approximate surface area is 155 Å². The van der Waals surface area contributed by atoms with Crippen molar-refractivity contribution >= 4 is 44.7 Å². The first-order chi connectivity index (χ1) is 12.1. The Morgan fingerprint density at radius 2 is 1.76 bits per heavy atom. The lowest BCUT2D eigenvalue weighted by Crippen LogP contribution is -1.97. The van der Waals surface area contributed by atoms with Crippen LogP contribution >= 0.6 is 22.9 Å². The van der Waals surface area contributed by atoms with Crippen LogP contribution in [0.1, 0.15) is 11.4 Å². The van der Waals surface area contributed by atoms with Gasteiger partial charge in [0, 0.05) is 15.6 Å². The number of aryl methyl sites for hydroxylation is 2. The van der Waals surface area contributed by atoms with Crippen molar-refractivity contribution in [1.82, 2.24) is 9.97 Å². The zero-order valence-electron chi connectivity index (χ0n) is 13.9. The van der Waals surface area contributed by atoms with Gasteiger partial charge in [-0.2, -0.15) is 0 Å². The predicted molar refractivity (Wildman–Crippen MR) is 107 cm³/mol. The largest absolute Gasteiger partial charge is 0.340 e. The van der Waals surface area contributed by atoms with Crippen molar-refractivity contribution in [3.63, 3.8) is 0 Å². The van der Waals surface area contributed by atoms with Crippen molar-refractivity contribution in [2.75, 3.05) is 5.32 Å². The van der Waals surface area contributed by atoms with Crippen molar-refractivity contribution in [3.05, 3.63) is 71.0 Å². The van der Waals surface area contributed by atoms with E-state index in [-0.39, 0.29) is 0 Å². The molecular weight excluding hydrogens is 350 g/mol. The van der Waals surface area contributed by atoms with Crippen LogP contribution in [0.5, 0.6) is 0 Å². The first kappa shape index (κ1) is 16.1. The van der Waals surface area contributed by atoms with E-state index in [1.54, 1.807) is 11.3 Å². The van der Waals surface area contributed by atoms with Gasteiger partial charge in [0.2, 0.25) is 0 Å². The van der Waals surface area contributed by atoms with Crippen molar-refractivity contribution < 1.29 is 0 Å². The van der Waals surface area contributed by atoms with Crippen molar-refractivity contribution in [3.8, 4) is 10.4 Å². The highest BCUT2D eigenvalue weighted by Crippen LogP contribution is 2.36. The van der Waals surface area contributed by atoms with Crippen LogP contribution in [0.4, 0.5) is 11.5 Å². The second kappa shape index (κ2) is 6.47. The summed E-state index contributed by atoms with van der Waals surface area (Å²) in [7, 11) is 0. The van der Waals surface area contributed by atoms with Gasteiger partial charge in [-0.25, -0.2) is 9.97 Å². The van der Waals surface area contributed by atoms with Gasteiger partial charge in [-0.15, -0.1) is 11.3 Å². The molecule has 0 bridgehead atoms. The molecule has 0 atom stereocenters. The van der Waals surface area contributed by atoms with E-state index >= 15 is 0 Å². The molecule has 5 heteroatoms. The highest BCUT2D eigenvalue weighted by atomic mass is 35.5. The zero-order chi connectivity index (χ0) is 17.4.